The fourth-order valence-corrected chi connectivity index (χ4v) is 3.05. The highest BCUT2D eigenvalue weighted by atomic mass is 19.3. The first-order valence-corrected chi connectivity index (χ1v) is 8.75. The van der Waals surface area contributed by atoms with Crippen LogP contribution < -0.4 is 15.4 Å². The lowest BCUT2D eigenvalue weighted by Crippen LogP contribution is -2.42. The monoisotopic (exact) mass is 403 g/mol. The summed E-state index contributed by atoms with van der Waals surface area (Å²) < 4.78 is 28.9. The van der Waals surface area contributed by atoms with E-state index < -0.39 is 36.5 Å². The number of hydrogen-bond acceptors (Lipinski definition) is 4. The number of rotatable bonds is 6. The maximum atomic E-state index is 12.9. The summed E-state index contributed by atoms with van der Waals surface area (Å²) in [6.07, 6.45) is 0. The number of alkyl halides is 2. The minimum Gasteiger partial charge on any atom is -0.435 e. The van der Waals surface area contributed by atoms with Crippen LogP contribution in [0.1, 0.15) is 18.1 Å². The van der Waals surface area contributed by atoms with Gasteiger partial charge in [0, 0.05) is 5.69 Å². The van der Waals surface area contributed by atoms with Crippen LogP contribution in [-0.4, -0.2) is 35.9 Å². The number of carbonyl (C=O) groups is 3. The number of para-hydroxylation sites is 1. The van der Waals surface area contributed by atoms with Crippen LogP contribution in [-0.2, 0) is 15.1 Å². The van der Waals surface area contributed by atoms with Gasteiger partial charge in [-0.05, 0) is 43.2 Å². The lowest BCUT2D eigenvalue weighted by Gasteiger charge is -2.22. The molecule has 9 heteroatoms. The number of nitrogens with one attached hydrogen (secondary N) is 2. The van der Waals surface area contributed by atoms with Gasteiger partial charge in [0.2, 0.25) is 5.91 Å². The minimum atomic E-state index is -2.97. The van der Waals surface area contributed by atoms with E-state index in [4.69, 9.17) is 0 Å². The minimum absolute atomic E-state index is 0.0708. The Morgan fingerprint density at radius 3 is 2.45 bits per heavy atom. The fraction of sp³-hybridized carbons (Fsp3) is 0.250. The van der Waals surface area contributed by atoms with Gasteiger partial charge in [-0.1, -0.05) is 30.3 Å². The molecular formula is C20H19F2N3O4. The molecule has 2 aromatic carbocycles. The predicted octanol–water partition coefficient (Wildman–Crippen LogP) is 3.00. The van der Waals surface area contributed by atoms with E-state index in [1.807, 2.05) is 19.1 Å². The Morgan fingerprint density at radius 1 is 1.17 bits per heavy atom. The number of hydrogen-bond donors (Lipinski definition) is 2. The summed E-state index contributed by atoms with van der Waals surface area (Å²) in [5.74, 6) is -1.21. The quantitative estimate of drug-likeness (QED) is 0.726. The summed E-state index contributed by atoms with van der Waals surface area (Å²) in [6.45, 7) is -0.121. The Labute approximate surface area is 165 Å². The highest BCUT2D eigenvalue weighted by Gasteiger charge is 2.49. The van der Waals surface area contributed by atoms with Crippen LogP contribution in [0.15, 0.2) is 48.5 Å². The summed E-state index contributed by atoms with van der Waals surface area (Å²) in [6, 6.07) is 11.8. The molecular weight excluding hydrogens is 384 g/mol. The molecule has 29 heavy (non-hydrogen) atoms. The molecule has 3 rings (SSSR count). The van der Waals surface area contributed by atoms with Crippen LogP contribution in [0.2, 0.25) is 0 Å². The molecule has 2 aromatic rings. The molecule has 1 aliphatic rings. The number of anilines is 1. The second-order valence-corrected chi connectivity index (χ2v) is 6.71. The second-order valence-electron chi connectivity index (χ2n) is 6.71. The van der Waals surface area contributed by atoms with Crippen molar-refractivity contribution in [3.8, 4) is 5.75 Å². The first kappa shape index (κ1) is 20.2. The molecule has 4 amide bonds. The highest BCUT2D eigenvalue weighted by molar-refractivity contribution is 6.10. The zero-order valence-electron chi connectivity index (χ0n) is 15.7. The second kappa shape index (κ2) is 7.86. The van der Waals surface area contributed by atoms with Crippen molar-refractivity contribution in [1.82, 2.24) is 10.2 Å². The van der Waals surface area contributed by atoms with Gasteiger partial charge in [-0.25, -0.2) is 4.79 Å². The average Bonchev–Trinajstić information content (AvgIpc) is 2.88. The zero-order chi connectivity index (χ0) is 21.2. The summed E-state index contributed by atoms with van der Waals surface area (Å²) in [7, 11) is 0. The van der Waals surface area contributed by atoms with Gasteiger partial charge in [0.15, 0.2) is 0 Å². The SMILES string of the molecule is Cc1ccccc1NC(=O)CN1C(=O)N[C@](C)(c2ccc(OC(F)F)cc2)C1=O. The van der Waals surface area contributed by atoms with E-state index in [1.54, 1.807) is 12.1 Å². The number of urea groups is 1. The third kappa shape index (κ3) is 4.18. The maximum Gasteiger partial charge on any atom is 0.387 e. The molecule has 7 nitrogen and oxygen atoms in total. The lowest BCUT2D eigenvalue weighted by atomic mass is 9.92. The molecule has 0 bridgehead atoms. The van der Waals surface area contributed by atoms with E-state index >= 15 is 0 Å². The molecule has 1 saturated heterocycles. The topological polar surface area (TPSA) is 87.7 Å². The van der Waals surface area contributed by atoms with E-state index in [2.05, 4.69) is 15.4 Å². The molecule has 1 fully saturated rings. The predicted molar refractivity (Wildman–Crippen MR) is 100 cm³/mol. The van der Waals surface area contributed by atoms with Gasteiger partial charge in [-0.3, -0.25) is 14.5 Å². The van der Waals surface area contributed by atoms with Crippen molar-refractivity contribution >= 4 is 23.5 Å². The molecule has 0 aromatic heterocycles. The van der Waals surface area contributed by atoms with Crippen LogP contribution in [0.3, 0.4) is 0 Å². The van der Waals surface area contributed by atoms with Crippen LogP contribution >= 0.6 is 0 Å². The molecule has 2 N–H and O–H groups in total. The first-order valence-electron chi connectivity index (χ1n) is 8.75. The van der Waals surface area contributed by atoms with Crippen LogP contribution in [0.4, 0.5) is 19.3 Å². The summed E-state index contributed by atoms with van der Waals surface area (Å²) in [5.41, 5.74) is 0.374. The summed E-state index contributed by atoms with van der Waals surface area (Å²) >= 11 is 0. The first-order chi connectivity index (χ1) is 13.7. The van der Waals surface area contributed by atoms with Gasteiger partial charge in [0.05, 0.1) is 0 Å². The van der Waals surface area contributed by atoms with Crippen LogP contribution in [0.5, 0.6) is 5.75 Å². The maximum absolute atomic E-state index is 12.9. The smallest absolute Gasteiger partial charge is 0.387 e. The summed E-state index contributed by atoms with van der Waals surface area (Å²) in [5, 5.41) is 5.23. The molecule has 0 radical (unpaired) electrons. The van der Waals surface area contributed by atoms with E-state index in [9.17, 15) is 23.2 Å². The van der Waals surface area contributed by atoms with E-state index in [0.717, 1.165) is 10.5 Å². The van der Waals surface area contributed by atoms with Gasteiger partial charge >= 0.3 is 12.6 Å². The van der Waals surface area contributed by atoms with Gasteiger partial charge in [-0.2, -0.15) is 8.78 Å². The van der Waals surface area contributed by atoms with Gasteiger partial charge in [0.25, 0.3) is 5.91 Å². The number of aryl methyl sites for hydroxylation is 1. The molecule has 0 saturated carbocycles. The Kier molecular flexibility index (Phi) is 5.49. The third-order valence-corrected chi connectivity index (χ3v) is 4.65. The standard InChI is InChI=1S/C20H19F2N3O4/c1-12-5-3-4-6-15(12)23-16(26)11-25-17(27)20(2,24-19(25)28)13-7-9-14(10-8-13)29-18(21)22/h3-10,18H,11H2,1-2H3,(H,23,26)(H,24,28)/t20-/m1/s1. The van der Waals surface area contributed by atoms with Crippen LogP contribution in [0, 0.1) is 6.92 Å². The number of carbonyl (C=O) groups excluding carboxylic acids is 3. The van der Waals surface area contributed by atoms with Gasteiger partial charge < -0.3 is 15.4 Å². The molecule has 1 aliphatic heterocycles. The van der Waals surface area contributed by atoms with Crippen molar-refractivity contribution in [1.29, 1.82) is 0 Å². The molecule has 152 valence electrons. The van der Waals surface area contributed by atoms with E-state index in [-0.39, 0.29) is 5.75 Å². The Morgan fingerprint density at radius 2 is 1.83 bits per heavy atom. The highest BCUT2D eigenvalue weighted by Crippen LogP contribution is 2.30. The number of halogens is 2. The van der Waals surface area contributed by atoms with Crippen molar-refractivity contribution in [2.75, 3.05) is 11.9 Å². The number of imide groups is 1. The molecule has 0 aliphatic carbocycles. The lowest BCUT2D eigenvalue weighted by molar-refractivity contribution is -0.133. The molecule has 1 heterocycles. The Bertz CT molecular complexity index is 949. The fourth-order valence-electron chi connectivity index (χ4n) is 3.05. The summed E-state index contributed by atoms with van der Waals surface area (Å²) in [4.78, 5) is 38.3. The van der Waals surface area contributed by atoms with E-state index in [1.165, 1.54) is 31.2 Å². The van der Waals surface area contributed by atoms with Crippen molar-refractivity contribution in [2.24, 2.45) is 0 Å². The zero-order valence-corrected chi connectivity index (χ0v) is 15.7. The molecule has 0 spiro atoms. The number of benzene rings is 2. The van der Waals surface area contributed by atoms with E-state index in [0.29, 0.717) is 11.3 Å². The molecule has 1 atom stereocenters. The molecule has 0 unspecified atom stereocenters. The largest absolute Gasteiger partial charge is 0.435 e. The van der Waals surface area contributed by atoms with Crippen molar-refractivity contribution in [2.45, 2.75) is 26.0 Å². The third-order valence-electron chi connectivity index (χ3n) is 4.65. The van der Waals surface area contributed by atoms with Gasteiger partial charge in [0.1, 0.15) is 17.8 Å². The van der Waals surface area contributed by atoms with Crippen molar-refractivity contribution in [3.05, 3.63) is 59.7 Å². The Balaban J connectivity index is 1.73. The normalized spacial score (nSPS) is 18.7. The van der Waals surface area contributed by atoms with Crippen molar-refractivity contribution in [3.63, 3.8) is 0 Å². The van der Waals surface area contributed by atoms with Crippen LogP contribution in [0.25, 0.3) is 0 Å². The van der Waals surface area contributed by atoms with Gasteiger partial charge in [-0.15, -0.1) is 0 Å². The number of amides is 4. The number of nitrogens with zero attached hydrogens (tertiary/aromatic N) is 1. The average molecular weight is 403 g/mol. The Hall–Kier alpha value is -3.49. The number of ether oxygens (including phenoxy) is 1. The van der Waals surface area contributed by atoms with Crippen molar-refractivity contribution < 1.29 is 27.9 Å².